The van der Waals surface area contributed by atoms with Crippen molar-refractivity contribution in [2.24, 2.45) is 0 Å². The highest BCUT2D eigenvalue weighted by Crippen LogP contribution is 2.33. The second kappa shape index (κ2) is 10.7. The summed E-state index contributed by atoms with van der Waals surface area (Å²) in [6.07, 6.45) is 7.06. The van der Waals surface area contributed by atoms with Crippen molar-refractivity contribution >= 4 is 51.7 Å². The van der Waals surface area contributed by atoms with Crippen LogP contribution in [0.15, 0.2) is 64.4 Å². The Balaban J connectivity index is 1.39. The van der Waals surface area contributed by atoms with Crippen molar-refractivity contribution in [3.05, 3.63) is 81.1 Å². The van der Waals surface area contributed by atoms with E-state index in [0.29, 0.717) is 39.3 Å². The number of amides is 1. The molecule has 180 valence electrons. The normalized spacial score (nSPS) is 19.3. The smallest absolute Gasteiger partial charge is 0.267 e. The van der Waals surface area contributed by atoms with Gasteiger partial charge in [0.1, 0.15) is 15.8 Å². The maximum absolute atomic E-state index is 13.4. The maximum atomic E-state index is 13.4. The number of nitrogens with zero attached hydrogens (tertiary/aromatic N) is 3. The Morgan fingerprint density at radius 2 is 2.00 bits per heavy atom. The number of hydrogen-bond donors (Lipinski definition) is 1. The maximum Gasteiger partial charge on any atom is 0.267 e. The van der Waals surface area contributed by atoms with Gasteiger partial charge in [0, 0.05) is 25.9 Å². The first-order chi connectivity index (χ1) is 17.1. The minimum Gasteiger partial charge on any atom is -0.376 e. The van der Waals surface area contributed by atoms with Crippen molar-refractivity contribution in [1.82, 2.24) is 14.3 Å². The average molecular weight is 507 g/mol. The summed E-state index contributed by atoms with van der Waals surface area (Å²) in [4.78, 5) is 33.3. The Bertz CT molecular complexity index is 1330. The molecule has 9 heteroatoms. The Kier molecular flexibility index (Phi) is 7.26. The molecule has 1 N–H and O–H groups in total. The molecule has 3 aromatic rings. The molecule has 5 rings (SSSR count). The number of pyridine rings is 1. The van der Waals surface area contributed by atoms with Gasteiger partial charge in [0.25, 0.3) is 11.5 Å². The molecule has 0 unspecified atom stereocenters. The van der Waals surface area contributed by atoms with E-state index >= 15 is 0 Å². The average Bonchev–Trinajstić information content (AvgIpc) is 3.49. The van der Waals surface area contributed by atoms with E-state index in [2.05, 4.69) is 22.4 Å². The summed E-state index contributed by atoms with van der Waals surface area (Å²) in [6.45, 7) is 1.84. The standard InChI is InChI=1S/C26H26N4O3S2/c31-24-20(23(27-17-19-11-7-15-33-19)28-22-12-4-5-13-29(22)24)16-21-25(32)30(26(34)35-21)14-6-10-18-8-2-1-3-9-18/h1-5,8-9,12-13,16,19,27H,6-7,10-11,14-15,17H2/b21-16-/t19-/m1/s1. The second-order valence-electron chi connectivity index (χ2n) is 8.55. The van der Waals surface area contributed by atoms with Crippen LogP contribution in [0.5, 0.6) is 0 Å². The molecular weight excluding hydrogens is 480 g/mol. The lowest BCUT2D eigenvalue weighted by Crippen LogP contribution is -2.29. The predicted molar refractivity (Wildman–Crippen MR) is 144 cm³/mol. The van der Waals surface area contributed by atoms with Gasteiger partial charge in [-0.3, -0.25) is 18.9 Å². The quantitative estimate of drug-likeness (QED) is 0.364. The molecule has 1 amide bonds. The van der Waals surface area contributed by atoms with Gasteiger partial charge in [0.05, 0.1) is 16.6 Å². The number of carbonyl (C=O) groups is 1. The lowest BCUT2D eigenvalue weighted by molar-refractivity contribution is -0.122. The van der Waals surface area contributed by atoms with Crippen molar-refractivity contribution in [3.63, 3.8) is 0 Å². The van der Waals surface area contributed by atoms with E-state index in [9.17, 15) is 9.59 Å². The fourth-order valence-electron chi connectivity index (χ4n) is 4.29. The van der Waals surface area contributed by atoms with Crippen molar-refractivity contribution in [1.29, 1.82) is 0 Å². The number of aryl methyl sites for hydroxylation is 1. The third-order valence-electron chi connectivity index (χ3n) is 6.13. The van der Waals surface area contributed by atoms with Crippen molar-refractivity contribution in [3.8, 4) is 0 Å². The largest absolute Gasteiger partial charge is 0.376 e. The van der Waals surface area contributed by atoms with Crippen LogP contribution in [0.25, 0.3) is 11.7 Å². The van der Waals surface area contributed by atoms with E-state index < -0.39 is 0 Å². The van der Waals surface area contributed by atoms with Crippen LogP contribution >= 0.6 is 24.0 Å². The monoisotopic (exact) mass is 506 g/mol. The molecule has 0 radical (unpaired) electrons. The van der Waals surface area contributed by atoms with E-state index in [1.165, 1.54) is 21.7 Å². The van der Waals surface area contributed by atoms with Crippen LogP contribution in [0.2, 0.25) is 0 Å². The second-order valence-corrected chi connectivity index (χ2v) is 10.2. The molecule has 0 spiro atoms. The summed E-state index contributed by atoms with van der Waals surface area (Å²) in [5.74, 6) is 0.279. The Morgan fingerprint density at radius 3 is 2.80 bits per heavy atom. The van der Waals surface area contributed by atoms with Gasteiger partial charge in [-0.05, 0) is 49.5 Å². The van der Waals surface area contributed by atoms with Crippen LogP contribution in [-0.4, -0.2) is 50.3 Å². The highest BCUT2D eigenvalue weighted by atomic mass is 32.2. The number of fused-ring (bicyclic) bond motifs is 1. The lowest BCUT2D eigenvalue weighted by Gasteiger charge is -2.15. The van der Waals surface area contributed by atoms with Gasteiger partial charge in [0.15, 0.2) is 0 Å². The fourth-order valence-corrected chi connectivity index (χ4v) is 5.58. The van der Waals surface area contributed by atoms with Crippen molar-refractivity contribution < 1.29 is 9.53 Å². The molecule has 2 aliphatic heterocycles. The zero-order valence-electron chi connectivity index (χ0n) is 19.2. The van der Waals surface area contributed by atoms with E-state index in [4.69, 9.17) is 17.0 Å². The van der Waals surface area contributed by atoms with Crippen molar-refractivity contribution in [2.75, 3.05) is 25.0 Å². The van der Waals surface area contributed by atoms with Gasteiger partial charge in [-0.15, -0.1) is 0 Å². The number of rotatable bonds is 8. The minimum absolute atomic E-state index is 0.0849. The molecule has 1 aromatic carbocycles. The number of carbonyl (C=O) groups excluding carboxylic acids is 1. The SMILES string of the molecule is O=C1/C(=C/c2c(NC[C@H]3CCCO3)nc3ccccn3c2=O)SC(=S)N1CCCc1ccccc1. The number of benzene rings is 1. The third-order valence-corrected chi connectivity index (χ3v) is 7.51. The zero-order chi connectivity index (χ0) is 24.2. The number of ether oxygens (including phenoxy) is 1. The highest BCUT2D eigenvalue weighted by molar-refractivity contribution is 8.26. The van der Waals surface area contributed by atoms with Gasteiger partial charge < -0.3 is 10.1 Å². The highest BCUT2D eigenvalue weighted by Gasteiger charge is 2.32. The Hall–Kier alpha value is -3.01. The molecular formula is C26H26N4O3S2. The number of aromatic nitrogens is 2. The summed E-state index contributed by atoms with van der Waals surface area (Å²) in [5.41, 5.74) is 1.87. The summed E-state index contributed by atoms with van der Waals surface area (Å²) < 4.78 is 7.71. The predicted octanol–water partition coefficient (Wildman–Crippen LogP) is 4.12. The minimum atomic E-state index is -0.236. The fraction of sp³-hybridized carbons (Fsp3) is 0.308. The first-order valence-electron chi connectivity index (χ1n) is 11.8. The molecule has 0 aliphatic carbocycles. The number of hydrogen-bond acceptors (Lipinski definition) is 7. The van der Waals surface area contributed by atoms with Gasteiger partial charge in [0.2, 0.25) is 0 Å². The van der Waals surface area contributed by atoms with Gasteiger partial charge in [-0.1, -0.05) is 60.4 Å². The molecule has 0 bridgehead atoms. The first-order valence-corrected chi connectivity index (χ1v) is 13.0. The Labute approximate surface area is 213 Å². The van der Waals surface area contributed by atoms with Crippen LogP contribution in [0.3, 0.4) is 0 Å². The summed E-state index contributed by atoms with van der Waals surface area (Å²) in [6, 6.07) is 15.6. The van der Waals surface area contributed by atoms with Crippen LogP contribution in [0.1, 0.15) is 30.4 Å². The molecule has 4 heterocycles. The number of nitrogens with one attached hydrogen (secondary N) is 1. The van der Waals surface area contributed by atoms with E-state index in [-0.39, 0.29) is 17.6 Å². The summed E-state index contributed by atoms with van der Waals surface area (Å²) in [5, 5.41) is 3.29. The van der Waals surface area contributed by atoms with E-state index in [1.807, 2.05) is 24.3 Å². The first kappa shape index (κ1) is 23.7. The van der Waals surface area contributed by atoms with Crippen LogP contribution in [0, 0.1) is 0 Å². The van der Waals surface area contributed by atoms with Gasteiger partial charge in [-0.2, -0.15) is 0 Å². The molecule has 35 heavy (non-hydrogen) atoms. The zero-order valence-corrected chi connectivity index (χ0v) is 20.8. The third kappa shape index (κ3) is 5.32. The molecule has 0 saturated carbocycles. The molecule has 1 atom stereocenters. The topological polar surface area (TPSA) is 75.9 Å². The van der Waals surface area contributed by atoms with Crippen molar-refractivity contribution in [2.45, 2.75) is 31.8 Å². The van der Waals surface area contributed by atoms with E-state index in [1.54, 1.807) is 29.3 Å². The summed E-state index contributed by atoms with van der Waals surface area (Å²) >= 11 is 6.73. The lowest BCUT2D eigenvalue weighted by atomic mass is 10.1. The van der Waals surface area contributed by atoms with Crippen LogP contribution < -0.4 is 10.9 Å². The van der Waals surface area contributed by atoms with Gasteiger partial charge in [-0.25, -0.2) is 4.98 Å². The molecule has 2 aromatic heterocycles. The molecule has 2 fully saturated rings. The number of thiocarbonyl (C=S) groups is 1. The summed E-state index contributed by atoms with van der Waals surface area (Å²) in [7, 11) is 0. The van der Waals surface area contributed by atoms with Crippen LogP contribution in [0.4, 0.5) is 5.82 Å². The van der Waals surface area contributed by atoms with E-state index in [0.717, 1.165) is 32.3 Å². The van der Waals surface area contributed by atoms with Gasteiger partial charge >= 0.3 is 0 Å². The molecule has 2 aliphatic rings. The molecule has 7 nitrogen and oxygen atoms in total. The van der Waals surface area contributed by atoms with Crippen LogP contribution in [-0.2, 0) is 16.0 Å². The number of thioether (sulfide) groups is 1. The molecule has 2 saturated heterocycles. The Morgan fingerprint density at radius 1 is 1.17 bits per heavy atom. The number of anilines is 1.